The Balaban J connectivity index is 1.43. The first kappa shape index (κ1) is 27.4. The molecule has 0 N–H and O–H groups in total. The Hall–Kier alpha value is -3.40. The fraction of sp³-hybridized carbons (Fsp3) is 0.138. The maximum atomic E-state index is 6.70. The van der Waals surface area contributed by atoms with Crippen molar-refractivity contribution in [1.82, 2.24) is 34.7 Å². The summed E-state index contributed by atoms with van der Waals surface area (Å²) < 4.78 is 9.84. The molecular weight excluding hydrogens is 640 g/mol. The van der Waals surface area contributed by atoms with Gasteiger partial charge in [0, 0.05) is 31.2 Å². The van der Waals surface area contributed by atoms with Crippen molar-refractivity contribution in [2.24, 2.45) is 0 Å². The lowest BCUT2D eigenvalue weighted by molar-refractivity contribution is 0.470. The molecule has 0 unspecified atom stereocenters. The third kappa shape index (κ3) is 4.87. The molecule has 13 heteroatoms. The second-order valence-corrected chi connectivity index (χ2v) is 12.0. The number of hydrogen-bond donors (Lipinski definition) is 0. The highest BCUT2D eigenvalue weighted by Gasteiger charge is 2.52. The van der Waals surface area contributed by atoms with Crippen molar-refractivity contribution in [1.29, 1.82) is 0 Å². The second-order valence-electron chi connectivity index (χ2n) is 9.90. The van der Waals surface area contributed by atoms with Gasteiger partial charge >= 0.3 is 0 Å². The topological polar surface area (TPSA) is 87.4 Å². The fourth-order valence-corrected chi connectivity index (χ4v) is 6.30. The van der Waals surface area contributed by atoms with Crippen LogP contribution in [0.1, 0.15) is 29.9 Å². The van der Waals surface area contributed by atoms with Crippen LogP contribution in [0.2, 0.25) is 25.1 Å². The van der Waals surface area contributed by atoms with Crippen LogP contribution < -0.4 is 0 Å². The van der Waals surface area contributed by atoms with E-state index in [1.54, 1.807) is 40.0 Å². The molecule has 3 aromatic carbocycles. The highest BCUT2D eigenvalue weighted by molar-refractivity contribution is 6.36. The Kier molecular flexibility index (Phi) is 6.99. The normalized spacial score (nSPS) is 13.9. The molecule has 0 amide bonds. The van der Waals surface area contributed by atoms with Crippen LogP contribution in [-0.2, 0) is 12.0 Å². The van der Waals surface area contributed by atoms with E-state index in [0.717, 1.165) is 35.2 Å². The summed E-state index contributed by atoms with van der Waals surface area (Å²) in [4.78, 5) is 4.11. The van der Waals surface area contributed by atoms with Gasteiger partial charge in [-0.2, -0.15) is 10.2 Å². The van der Waals surface area contributed by atoms with Crippen LogP contribution in [0.15, 0.2) is 77.7 Å². The van der Waals surface area contributed by atoms with Crippen LogP contribution in [0.3, 0.4) is 0 Å². The molecule has 0 aliphatic heterocycles. The van der Waals surface area contributed by atoms with Gasteiger partial charge in [0.1, 0.15) is 12.7 Å². The summed E-state index contributed by atoms with van der Waals surface area (Å²) >= 11 is 31.9. The Morgan fingerprint density at radius 1 is 0.810 bits per heavy atom. The maximum Gasteiger partial charge on any atom is 0.268 e. The Labute approximate surface area is 264 Å². The first-order chi connectivity index (χ1) is 20.3. The van der Waals surface area contributed by atoms with Gasteiger partial charge in [0.2, 0.25) is 5.89 Å². The molecule has 1 aliphatic carbocycles. The van der Waals surface area contributed by atoms with Crippen molar-refractivity contribution < 1.29 is 4.42 Å². The van der Waals surface area contributed by atoms with E-state index in [1.165, 1.54) is 6.33 Å². The van der Waals surface area contributed by atoms with Crippen LogP contribution >= 0.6 is 58.0 Å². The van der Waals surface area contributed by atoms with Gasteiger partial charge in [-0.05, 0) is 60.9 Å². The summed E-state index contributed by atoms with van der Waals surface area (Å²) in [7, 11) is 0. The summed E-state index contributed by atoms with van der Waals surface area (Å²) in [5.74, 6) is 0.705. The van der Waals surface area contributed by atoms with E-state index in [4.69, 9.17) is 67.5 Å². The summed E-state index contributed by atoms with van der Waals surface area (Å²) in [6, 6.07) is 18.1. The Morgan fingerprint density at radius 2 is 1.52 bits per heavy atom. The van der Waals surface area contributed by atoms with Gasteiger partial charge in [0.05, 0.1) is 28.4 Å². The molecule has 1 aliphatic rings. The predicted octanol–water partition coefficient (Wildman–Crippen LogP) is 8.58. The molecule has 8 nitrogen and oxygen atoms in total. The first-order valence-electron chi connectivity index (χ1n) is 12.8. The molecule has 210 valence electrons. The van der Waals surface area contributed by atoms with Gasteiger partial charge in [0.15, 0.2) is 5.69 Å². The Bertz CT molecular complexity index is 1930. The van der Waals surface area contributed by atoms with E-state index >= 15 is 0 Å². The number of aromatic nitrogens is 7. The van der Waals surface area contributed by atoms with Gasteiger partial charge in [-0.1, -0.05) is 76.2 Å². The van der Waals surface area contributed by atoms with Crippen molar-refractivity contribution in [3.8, 4) is 28.5 Å². The second kappa shape index (κ2) is 10.7. The zero-order valence-corrected chi connectivity index (χ0v) is 25.3. The van der Waals surface area contributed by atoms with E-state index in [9.17, 15) is 0 Å². The molecule has 1 fully saturated rings. The SMILES string of the molecule is Clc1ccc(-c2c(Cn3cncn3)c(-c3nnc(C4(c5ccc(Cl)cc5Cl)CC4)o3)nn2-c2ccc(Cl)cc2Cl)cc1. The molecule has 0 bridgehead atoms. The van der Waals surface area contributed by atoms with E-state index in [0.29, 0.717) is 48.9 Å². The highest BCUT2D eigenvalue weighted by atomic mass is 35.5. The van der Waals surface area contributed by atoms with Crippen molar-refractivity contribution in [2.45, 2.75) is 24.8 Å². The van der Waals surface area contributed by atoms with E-state index < -0.39 is 5.41 Å². The summed E-state index contributed by atoms with van der Waals surface area (Å²) in [6.45, 7) is 0.310. The Morgan fingerprint density at radius 3 is 2.19 bits per heavy atom. The molecular formula is C29H18Cl5N7O. The zero-order chi connectivity index (χ0) is 29.0. The number of halogens is 5. The van der Waals surface area contributed by atoms with Crippen molar-refractivity contribution in [2.75, 3.05) is 0 Å². The van der Waals surface area contributed by atoms with Crippen molar-refractivity contribution >= 4 is 58.0 Å². The summed E-state index contributed by atoms with van der Waals surface area (Å²) in [6.07, 6.45) is 4.72. The van der Waals surface area contributed by atoms with Crippen LogP contribution in [0, 0.1) is 0 Å². The minimum atomic E-state index is -0.486. The van der Waals surface area contributed by atoms with E-state index in [2.05, 4.69) is 20.3 Å². The van der Waals surface area contributed by atoms with Crippen LogP contribution in [0.5, 0.6) is 0 Å². The molecule has 0 spiro atoms. The maximum absolute atomic E-state index is 6.70. The standard InChI is InChI=1S/C29H18Cl5N7O/c30-17-3-1-16(2-4-17)26-20(13-40-15-35-14-36-40)25(39-41(26)24-8-6-19(32)12-23(24)34)27-37-38-28(42-27)29(9-10-29)21-7-5-18(31)11-22(21)33/h1-8,11-12,14-15H,9-10,13H2. The molecule has 6 aromatic rings. The summed E-state index contributed by atoms with van der Waals surface area (Å²) in [5.41, 5.74) is 3.83. The van der Waals surface area contributed by atoms with Gasteiger partial charge in [-0.15, -0.1) is 10.2 Å². The first-order valence-corrected chi connectivity index (χ1v) is 14.7. The lowest BCUT2D eigenvalue weighted by Crippen LogP contribution is -2.10. The largest absolute Gasteiger partial charge is 0.418 e. The smallest absolute Gasteiger partial charge is 0.268 e. The van der Waals surface area contributed by atoms with Gasteiger partial charge in [0.25, 0.3) is 5.89 Å². The average molecular weight is 658 g/mol. The number of hydrogen-bond acceptors (Lipinski definition) is 6. The van der Waals surface area contributed by atoms with Gasteiger partial charge in [-0.3, -0.25) is 0 Å². The average Bonchev–Trinajstić information content (AvgIpc) is 3.30. The van der Waals surface area contributed by atoms with Crippen LogP contribution in [-0.4, -0.2) is 34.7 Å². The molecule has 1 saturated carbocycles. The molecule has 0 radical (unpaired) electrons. The molecule has 3 heterocycles. The molecule has 0 saturated heterocycles. The molecule has 7 rings (SSSR count). The van der Waals surface area contributed by atoms with Crippen molar-refractivity contribution in [3.63, 3.8) is 0 Å². The predicted molar refractivity (Wildman–Crippen MR) is 163 cm³/mol. The van der Waals surface area contributed by atoms with E-state index in [1.807, 2.05) is 36.4 Å². The third-order valence-corrected chi connectivity index (χ3v) is 8.60. The lowest BCUT2D eigenvalue weighted by atomic mass is 9.96. The van der Waals surface area contributed by atoms with E-state index in [-0.39, 0.29) is 5.89 Å². The lowest BCUT2D eigenvalue weighted by Gasteiger charge is -2.13. The van der Waals surface area contributed by atoms with Gasteiger partial charge in [-0.25, -0.2) is 14.3 Å². The number of nitrogens with zero attached hydrogens (tertiary/aromatic N) is 7. The zero-order valence-electron chi connectivity index (χ0n) is 21.5. The van der Waals surface area contributed by atoms with Crippen LogP contribution in [0.25, 0.3) is 28.5 Å². The minimum Gasteiger partial charge on any atom is -0.418 e. The number of benzene rings is 3. The third-order valence-electron chi connectivity index (χ3n) is 7.26. The molecule has 42 heavy (non-hydrogen) atoms. The quantitative estimate of drug-likeness (QED) is 0.171. The highest BCUT2D eigenvalue weighted by Crippen LogP contribution is 2.55. The molecule has 0 atom stereocenters. The van der Waals surface area contributed by atoms with Crippen LogP contribution in [0.4, 0.5) is 0 Å². The van der Waals surface area contributed by atoms with Crippen molar-refractivity contribution in [3.05, 3.63) is 115 Å². The number of rotatable bonds is 7. The fourth-order valence-electron chi connectivity index (χ4n) is 5.09. The van der Waals surface area contributed by atoms with Gasteiger partial charge < -0.3 is 4.42 Å². The monoisotopic (exact) mass is 655 g/mol. The minimum absolute atomic E-state index is 0.246. The summed E-state index contributed by atoms with van der Waals surface area (Å²) in [5, 5.41) is 20.9. The molecule has 3 aromatic heterocycles.